The highest BCUT2D eigenvalue weighted by atomic mass is 16.6. The highest BCUT2D eigenvalue weighted by Crippen LogP contribution is 2.25. The lowest BCUT2D eigenvalue weighted by Crippen LogP contribution is -2.40. The Morgan fingerprint density at radius 3 is 2.79 bits per heavy atom. The van der Waals surface area contributed by atoms with E-state index in [1.807, 2.05) is 0 Å². The minimum absolute atomic E-state index is 0.00472. The van der Waals surface area contributed by atoms with Gasteiger partial charge in [-0.1, -0.05) is 12.1 Å². The molecule has 0 bridgehead atoms. The molecular formula is C13H14N2O4. The molecule has 6 heteroatoms. The van der Waals surface area contributed by atoms with Crippen molar-refractivity contribution in [1.29, 1.82) is 0 Å². The Morgan fingerprint density at radius 1 is 1.42 bits per heavy atom. The number of carbonyl (C=O) groups is 2. The number of amides is 1. The molecule has 0 saturated carbocycles. The van der Waals surface area contributed by atoms with Crippen molar-refractivity contribution < 1.29 is 14.5 Å². The number of piperidine rings is 1. The van der Waals surface area contributed by atoms with Gasteiger partial charge in [0, 0.05) is 18.5 Å². The Morgan fingerprint density at radius 2 is 2.16 bits per heavy atom. The van der Waals surface area contributed by atoms with Gasteiger partial charge in [-0.25, -0.2) is 0 Å². The fourth-order valence-corrected chi connectivity index (χ4v) is 2.26. The van der Waals surface area contributed by atoms with Crippen molar-refractivity contribution in [2.75, 3.05) is 13.1 Å². The number of Topliss-reactive ketones (excluding diaryl/α,β-unsaturated/α-hetero) is 1. The second-order valence-electron chi connectivity index (χ2n) is 4.60. The van der Waals surface area contributed by atoms with Gasteiger partial charge in [-0.3, -0.25) is 19.7 Å². The van der Waals surface area contributed by atoms with E-state index in [9.17, 15) is 19.7 Å². The summed E-state index contributed by atoms with van der Waals surface area (Å²) in [6.45, 7) is 2.11. The van der Waals surface area contributed by atoms with E-state index in [2.05, 4.69) is 0 Å². The number of aryl methyl sites for hydroxylation is 1. The second-order valence-corrected chi connectivity index (χ2v) is 4.60. The van der Waals surface area contributed by atoms with Crippen LogP contribution in [0.5, 0.6) is 0 Å². The molecule has 6 nitrogen and oxygen atoms in total. The summed E-state index contributed by atoms with van der Waals surface area (Å²) in [6, 6.07) is 4.64. The SMILES string of the molecule is Cc1cccc(C(=O)N2CCCC(=O)C2)c1[N+](=O)[O-]. The quantitative estimate of drug-likeness (QED) is 0.600. The van der Waals surface area contributed by atoms with Crippen LogP contribution < -0.4 is 0 Å². The van der Waals surface area contributed by atoms with Crippen LogP contribution in [-0.4, -0.2) is 34.6 Å². The van der Waals surface area contributed by atoms with Crippen LogP contribution in [0.15, 0.2) is 18.2 Å². The van der Waals surface area contributed by atoms with Crippen LogP contribution in [-0.2, 0) is 4.79 Å². The average molecular weight is 262 g/mol. The van der Waals surface area contributed by atoms with Gasteiger partial charge in [0.05, 0.1) is 11.5 Å². The van der Waals surface area contributed by atoms with Gasteiger partial charge in [0.15, 0.2) is 5.78 Å². The Labute approximate surface area is 110 Å². The van der Waals surface area contributed by atoms with Crippen molar-refractivity contribution in [3.8, 4) is 0 Å². The summed E-state index contributed by atoms with van der Waals surface area (Å²) in [5.41, 5.74) is 0.324. The maximum atomic E-state index is 12.3. The van der Waals surface area contributed by atoms with Gasteiger partial charge in [0.25, 0.3) is 11.6 Å². The van der Waals surface area contributed by atoms with Crippen molar-refractivity contribution in [2.24, 2.45) is 0 Å². The third-order valence-corrected chi connectivity index (χ3v) is 3.19. The monoisotopic (exact) mass is 262 g/mol. The van der Waals surface area contributed by atoms with E-state index in [4.69, 9.17) is 0 Å². The number of hydrogen-bond acceptors (Lipinski definition) is 4. The van der Waals surface area contributed by atoms with Gasteiger partial charge in [0.2, 0.25) is 0 Å². The number of para-hydroxylation sites is 1. The highest BCUT2D eigenvalue weighted by molar-refractivity contribution is 6.00. The normalized spacial score (nSPS) is 15.4. The van der Waals surface area contributed by atoms with Crippen LogP contribution >= 0.6 is 0 Å². The molecule has 1 amide bonds. The lowest BCUT2D eigenvalue weighted by molar-refractivity contribution is -0.385. The van der Waals surface area contributed by atoms with Gasteiger partial charge in [-0.2, -0.15) is 0 Å². The molecule has 1 aromatic rings. The molecule has 1 fully saturated rings. The topological polar surface area (TPSA) is 80.5 Å². The molecule has 0 radical (unpaired) electrons. The number of hydrogen-bond donors (Lipinski definition) is 0. The molecule has 0 N–H and O–H groups in total. The molecule has 19 heavy (non-hydrogen) atoms. The minimum Gasteiger partial charge on any atom is -0.331 e. The average Bonchev–Trinajstić information content (AvgIpc) is 2.37. The van der Waals surface area contributed by atoms with Crippen molar-refractivity contribution in [1.82, 2.24) is 4.90 Å². The number of rotatable bonds is 2. The summed E-state index contributed by atoms with van der Waals surface area (Å²) in [6.07, 6.45) is 1.09. The molecule has 0 aliphatic carbocycles. The standard InChI is InChI=1S/C13H14N2O4/c1-9-4-2-6-11(12(9)15(18)19)13(17)14-7-3-5-10(16)8-14/h2,4,6H,3,5,7-8H2,1H3. The molecule has 1 aromatic carbocycles. The molecule has 1 aliphatic rings. The first kappa shape index (κ1) is 13.2. The number of benzene rings is 1. The lowest BCUT2D eigenvalue weighted by Gasteiger charge is -2.25. The Balaban J connectivity index is 2.36. The minimum atomic E-state index is -0.547. The number of likely N-dealkylation sites (tertiary alicyclic amines) is 1. The van der Waals surface area contributed by atoms with Gasteiger partial charge in [0.1, 0.15) is 5.56 Å². The lowest BCUT2D eigenvalue weighted by atomic mass is 10.0. The third-order valence-electron chi connectivity index (χ3n) is 3.19. The van der Waals surface area contributed by atoms with Gasteiger partial charge in [-0.05, 0) is 19.4 Å². The number of nitro benzene ring substituents is 1. The smallest absolute Gasteiger partial charge is 0.285 e. The van der Waals surface area contributed by atoms with E-state index in [1.165, 1.54) is 11.0 Å². The zero-order valence-electron chi connectivity index (χ0n) is 10.6. The van der Waals surface area contributed by atoms with Gasteiger partial charge >= 0.3 is 0 Å². The number of nitrogens with zero attached hydrogens (tertiary/aromatic N) is 2. The summed E-state index contributed by atoms with van der Waals surface area (Å²) in [5, 5.41) is 11.1. The molecule has 1 saturated heterocycles. The zero-order chi connectivity index (χ0) is 14.0. The second kappa shape index (κ2) is 5.17. The summed E-state index contributed by atoms with van der Waals surface area (Å²) >= 11 is 0. The number of carbonyl (C=O) groups excluding carboxylic acids is 2. The summed E-state index contributed by atoms with van der Waals surface area (Å²) < 4.78 is 0. The van der Waals surface area contributed by atoms with Crippen molar-refractivity contribution in [3.63, 3.8) is 0 Å². The Bertz CT molecular complexity index is 554. The first-order valence-corrected chi connectivity index (χ1v) is 6.05. The maximum absolute atomic E-state index is 12.3. The van der Waals surface area contributed by atoms with Gasteiger partial charge < -0.3 is 4.90 Å². The molecule has 100 valence electrons. The fourth-order valence-electron chi connectivity index (χ4n) is 2.26. The maximum Gasteiger partial charge on any atom is 0.285 e. The van der Waals surface area contributed by atoms with Crippen LogP contribution in [0.2, 0.25) is 0 Å². The molecule has 0 spiro atoms. The summed E-state index contributed by atoms with van der Waals surface area (Å²) in [4.78, 5) is 35.6. The molecular weight excluding hydrogens is 248 g/mol. The largest absolute Gasteiger partial charge is 0.331 e. The number of nitro groups is 1. The molecule has 0 unspecified atom stereocenters. The van der Waals surface area contributed by atoms with Crippen LogP contribution in [0, 0.1) is 17.0 Å². The zero-order valence-corrected chi connectivity index (χ0v) is 10.6. The van der Waals surface area contributed by atoms with Crippen LogP contribution in [0.3, 0.4) is 0 Å². The van der Waals surface area contributed by atoms with E-state index >= 15 is 0 Å². The van der Waals surface area contributed by atoms with E-state index in [1.54, 1.807) is 19.1 Å². The fraction of sp³-hybridized carbons (Fsp3) is 0.385. The van der Waals surface area contributed by atoms with E-state index in [0.717, 1.165) is 0 Å². The third kappa shape index (κ3) is 2.62. The number of ketones is 1. The van der Waals surface area contributed by atoms with Gasteiger partial charge in [-0.15, -0.1) is 0 Å². The highest BCUT2D eigenvalue weighted by Gasteiger charge is 2.28. The van der Waals surface area contributed by atoms with Crippen LogP contribution in [0.4, 0.5) is 5.69 Å². The van der Waals surface area contributed by atoms with Crippen LogP contribution in [0.1, 0.15) is 28.8 Å². The first-order chi connectivity index (χ1) is 9.00. The molecule has 0 aromatic heterocycles. The predicted molar refractivity (Wildman–Crippen MR) is 68.0 cm³/mol. The van der Waals surface area contributed by atoms with E-state index in [0.29, 0.717) is 24.9 Å². The molecule has 1 aliphatic heterocycles. The van der Waals surface area contributed by atoms with Crippen molar-refractivity contribution in [2.45, 2.75) is 19.8 Å². The first-order valence-electron chi connectivity index (χ1n) is 6.05. The molecule has 2 rings (SSSR count). The van der Waals surface area contributed by atoms with E-state index < -0.39 is 10.8 Å². The van der Waals surface area contributed by atoms with Crippen LogP contribution in [0.25, 0.3) is 0 Å². The van der Waals surface area contributed by atoms with E-state index in [-0.39, 0.29) is 23.6 Å². The predicted octanol–water partition coefficient (Wildman–Crippen LogP) is 1.71. The molecule has 1 heterocycles. The Kier molecular flexibility index (Phi) is 3.59. The summed E-state index contributed by atoms with van der Waals surface area (Å²) in [7, 11) is 0. The van der Waals surface area contributed by atoms with Crippen molar-refractivity contribution in [3.05, 3.63) is 39.4 Å². The Hall–Kier alpha value is -2.24. The molecule has 0 atom stereocenters. The van der Waals surface area contributed by atoms with Crippen molar-refractivity contribution >= 4 is 17.4 Å². The summed E-state index contributed by atoms with van der Waals surface area (Å²) in [5.74, 6) is -0.446.